The molecule has 0 spiro atoms. The number of rotatable bonds is 5. The number of hydrogen-bond donors (Lipinski definition) is 2. The quantitative estimate of drug-likeness (QED) is 0.397. The highest BCUT2D eigenvalue weighted by Gasteiger charge is 2.24. The Labute approximate surface area is 155 Å². The highest BCUT2D eigenvalue weighted by atomic mass is 32.1. The van der Waals surface area contributed by atoms with E-state index < -0.39 is 0 Å². The summed E-state index contributed by atoms with van der Waals surface area (Å²) in [6, 6.07) is 7.55. The molecule has 4 rings (SSSR count). The lowest BCUT2D eigenvalue weighted by Crippen LogP contribution is -2.07. The maximum Gasteiger partial charge on any atom is 0.196 e. The number of benzene rings is 1. The van der Waals surface area contributed by atoms with Crippen LogP contribution in [0.2, 0.25) is 0 Å². The maximum atomic E-state index is 13.3. The van der Waals surface area contributed by atoms with Crippen LogP contribution in [-0.4, -0.2) is 28.2 Å². The summed E-state index contributed by atoms with van der Waals surface area (Å²) in [6.07, 6.45) is 6.02. The van der Waals surface area contributed by atoms with Gasteiger partial charge in [-0.1, -0.05) is 24.2 Å². The highest BCUT2D eigenvalue weighted by molar-refractivity contribution is 7.23. The van der Waals surface area contributed by atoms with Gasteiger partial charge in [0.15, 0.2) is 5.78 Å². The van der Waals surface area contributed by atoms with Crippen molar-refractivity contribution < 1.29 is 10.0 Å². The normalized spacial score (nSPS) is 14.7. The first-order valence-electron chi connectivity index (χ1n) is 8.72. The van der Waals surface area contributed by atoms with E-state index in [1.807, 2.05) is 24.3 Å². The Balaban J connectivity index is 1.79. The number of hydrogen-bond acceptors (Lipinski definition) is 6. The van der Waals surface area contributed by atoms with Crippen molar-refractivity contribution >= 4 is 37.9 Å². The molecule has 1 aliphatic carbocycles. The molecule has 0 fully saturated rings. The highest BCUT2D eigenvalue weighted by Crippen LogP contribution is 2.37. The Bertz CT molecular complexity index is 1020. The van der Waals surface area contributed by atoms with Crippen molar-refractivity contribution in [1.82, 2.24) is 4.98 Å². The molecule has 132 valence electrons. The van der Waals surface area contributed by atoms with Crippen LogP contribution in [0.5, 0.6) is 0 Å². The number of aryl methyl sites for hydroxylation is 1. The predicted molar refractivity (Wildman–Crippen MR) is 105 cm³/mol. The van der Waals surface area contributed by atoms with E-state index in [9.17, 15) is 4.79 Å². The fourth-order valence-electron chi connectivity index (χ4n) is 3.40. The molecule has 0 saturated heterocycles. The van der Waals surface area contributed by atoms with Gasteiger partial charge in [-0.05, 0) is 37.0 Å². The summed E-state index contributed by atoms with van der Waals surface area (Å²) >= 11 is 1.57. The van der Waals surface area contributed by atoms with Crippen LogP contribution in [0.4, 0.5) is 5.00 Å². The molecule has 1 aliphatic rings. The second-order valence-electron chi connectivity index (χ2n) is 6.35. The van der Waals surface area contributed by atoms with Gasteiger partial charge in [0.05, 0.1) is 16.0 Å². The lowest BCUT2D eigenvalue weighted by Gasteiger charge is -2.08. The molecule has 0 aliphatic heterocycles. The van der Waals surface area contributed by atoms with Crippen LogP contribution in [0.3, 0.4) is 0 Å². The fourth-order valence-corrected chi connectivity index (χ4v) is 4.49. The molecule has 0 saturated carbocycles. The van der Waals surface area contributed by atoms with Gasteiger partial charge in [-0.2, -0.15) is 0 Å². The molecule has 5 nitrogen and oxygen atoms in total. The molecule has 0 radical (unpaired) electrons. The maximum absolute atomic E-state index is 13.3. The van der Waals surface area contributed by atoms with Crippen LogP contribution in [0.15, 0.2) is 41.8 Å². The number of nitrogens with zero attached hydrogens (tertiary/aromatic N) is 2. The molecule has 2 aromatic heterocycles. The van der Waals surface area contributed by atoms with Gasteiger partial charge >= 0.3 is 0 Å². The largest absolute Gasteiger partial charge is 0.411 e. The second-order valence-corrected chi connectivity index (χ2v) is 7.40. The number of fused-ring (bicyclic) bond motifs is 2. The number of anilines is 1. The number of aromatic nitrogens is 1. The van der Waals surface area contributed by atoms with E-state index in [-0.39, 0.29) is 5.78 Å². The number of thiophene rings is 1. The number of nitrogens with one attached hydrogen (secondary N) is 1. The van der Waals surface area contributed by atoms with Gasteiger partial charge in [-0.15, -0.1) is 11.3 Å². The average Bonchev–Trinajstić information content (AvgIpc) is 3.25. The summed E-state index contributed by atoms with van der Waals surface area (Å²) in [5, 5.41) is 17.7. The molecule has 2 heterocycles. The monoisotopic (exact) mass is 365 g/mol. The second kappa shape index (κ2) is 6.88. The Hall–Kier alpha value is -2.73. The molecule has 2 N–H and O–H groups in total. The number of carbonyl (C=O) groups excluding carboxylic acids is 1. The van der Waals surface area contributed by atoms with Gasteiger partial charge in [-0.25, -0.2) is 0 Å². The van der Waals surface area contributed by atoms with Crippen LogP contribution in [0, 0.1) is 0 Å². The van der Waals surface area contributed by atoms with Crippen LogP contribution >= 0.6 is 11.3 Å². The third-order valence-corrected chi connectivity index (χ3v) is 5.78. The van der Waals surface area contributed by atoms with E-state index in [0.717, 1.165) is 51.2 Å². The van der Waals surface area contributed by atoms with Crippen molar-refractivity contribution in [2.75, 3.05) is 11.9 Å². The lowest BCUT2D eigenvalue weighted by atomic mass is 9.98. The molecule has 0 bridgehead atoms. The first-order valence-corrected chi connectivity index (χ1v) is 9.54. The van der Waals surface area contributed by atoms with Gasteiger partial charge in [0.2, 0.25) is 0 Å². The van der Waals surface area contributed by atoms with Crippen molar-refractivity contribution in [3.8, 4) is 0 Å². The average molecular weight is 365 g/mol. The van der Waals surface area contributed by atoms with Gasteiger partial charge in [0, 0.05) is 35.5 Å². The van der Waals surface area contributed by atoms with Crippen molar-refractivity contribution in [2.45, 2.75) is 26.2 Å². The van der Waals surface area contributed by atoms with E-state index in [1.165, 1.54) is 0 Å². The molecule has 3 aromatic rings. The van der Waals surface area contributed by atoms with Crippen molar-refractivity contribution in [3.63, 3.8) is 0 Å². The van der Waals surface area contributed by atoms with Crippen LogP contribution in [0.25, 0.3) is 10.1 Å². The summed E-state index contributed by atoms with van der Waals surface area (Å²) in [5.41, 5.74) is 4.07. The molecule has 0 amide bonds. The fraction of sp³-hybridized carbons (Fsp3) is 0.250. The van der Waals surface area contributed by atoms with Gasteiger partial charge in [0.25, 0.3) is 0 Å². The van der Waals surface area contributed by atoms with Gasteiger partial charge in [0.1, 0.15) is 5.00 Å². The summed E-state index contributed by atoms with van der Waals surface area (Å²) < 4.78 is 1.00. The SMILES string of the molecule is CCCNc1sc2cnccc2c1C(=O)c1ccc2c(c1)CC/C2=N\O. The molecule has 0 atom stereocenters. The Morgan fingerprint density at radius 3 is 3.04 bits per heavy atom. The number of carbonyl (C=O) groups is 1. The van der Waals surface area contributed by atoms with E-state index >= 15 is 0 Å². The van der Waals surface area contributed by atoms with Crippen molar-refractivity contribution in [2.24, 2.45) is 5.16 Å². The zero-order chi connectivity index (χ0) is 18.1. The zero-order valence-corrected chi connectivity index (χ0v) is 15.3. The molecule has 1 aromatic carbocycles. The van der Waals surface area contributed by atoms with Crippen LogP contribution < -0.4 is 5.32 Å². The van der Waals surface area contributed by atoms with Crippen LogP contribution in [0.1, 0.15) is 46.8 Å². The Morgan fingerprint density at radius 1 is 1.35 bits per heavy atom. The first kappa shape index (κ1) is 16.7. The predicted octanol–water partition coefficient (Wildman–Crippen LogP) is 4.47. The summed E-state index contributed by atoms with van der Waals surface area (Å²) in [7, 11) is 0. The number of pyridine rings is 1. The number of oxime groups is 1. The van der Waals surface area contributed by atoms with Crippen molar-refractivity contribution in [3.05, 3.63) is 58.9 Å². The Morgan fingerprint density at radius 2 is 2.23 bits per heavy atom. The minimum Gasteiger partial charge on any atom is -0.411 e. The van der Waals surface area contributed by atoms with E-state index in [0.29, 0.717) is 17.7 Å². The van der Waals surface area contributed by atoms with E-state index in [4.69, 9.17) is 5.21 Å². The third kappa shape index (κ3) is 2.76. The van der Waals surface area contributed by atoms with Gasteiger partial charge in [-0.3, -0.25) is 9.78 Å². The zero-order valence-electron chi connectivity index (χ0n) is 14.5. The Kier molecular flexibility index (Phi) is 4.42. The van der Waals surface area contributed by atoms with Crippen molar-refractivity contribution in [1.29, 1.82) is 0 Å². The first-order chi connectivity index (χ1) is 12.7. The van der Waals surface area contributed by atoms with E-state index in [1.54, 1.807) is 23.7 Å². The topological polar surface area (TPSA) is 74.6 Å². The van der Waals surface area contributed by atoms with Crippen LogP contribution in [-0.2, 0) is 6.42 Å². The standard InChI is InChI=1S/C20H19N3O2S/c1-2-8-22-20-18(15-7-9-21-11-17(15)26-20)19(24)13-3-5-14-12(10-13)4-6-16(14)23-25/h3,5,7,9-11,22,25H,2,4,6,8H2,1H3/b23-16+. The minimum absolute atomic E-state index is 0.0123. The number of ketones is 1. The molecule has 6 heteroatoms. The van der Waals surface area contributed by atoms with E-state index in [2.05, 4.69) is 22.4 Å². The molecule has 26 heavy (non-hydrogen) atoms. The lowest BCUT2D eigenvalue weighted by molar-refractivity contribution is 0.104. The molecule has 0 unspecified atom stereocenters. The molecular weight excluding hydrogens is 346 g/mol. The van der Waals surface area contributed by atoms with Gasteiger partial charge < -0.3 is 10.5 Å². The molecular formula is C20H19N3O2S. The summed E-state index contributed by atoms with van der Waals surface area (Å²) in [4.78, 5) is 17.5. The summed E-state index contributed by atoms with van der Waals surface area (Å²) in [5.74, 6) is 0.0123. The third-order valence-electron chi connectivity index (χ3n) is 4.69. The minimum atomic E-state index is 0.0123. The smallest absolute Gasteiger partial charge is 0.196 e. The summed E-state index contributed by atoms with van der Waals surface area (Å²) in [6.45, 7) is 2.92.